The number of aromatic nitrogens is 5. The second kappa shape index (κ2) is 6.20. The summed E-state index contributed by atoms with van der Waals surface area (Å²) in [5, 5.41) is 13.0. The number of hydrogen-bond acceptors (Lipinski definition) is 6. The van der Waals surface area contributed by atoms with Crippen LogP contribution in [0.1, 0.15) is 13.8 Å². The summed E-state index contributed by atoms with van der Waals surface area (Å²) in [6.45, 7) is 6.53. The molecule has 1 aromatic carbocycles. The summed E-state index contributed by atoms with van der Waals surface area (Å²) in [5.74, 6) is 1.50. The summed E-state index contributed by atoms with van der Waals surface area (Å²) in [4.78, 5) is 6.78. The third-order valence-corrected chi connectivity index (χ3v) is 5.11. The molecule has 4 heterocycles. The van der Waals surface area contributed by atoms with Crippen LogP contribution < -0.4 is 9.64 Å². The Balaban J connectivity index is 1.59. The average Bonchev–Trinajstić information content (AvgIpc) is 3.29. The molecule has 0 atom stereocenters. The van der Waals surface area contributed by atoms with Gasteiger partial charge in [0.25, 0.3) is 0 Å². The molecular formula is C20H22N6O2. The maximum atomic E-state index is 5.83. The first-order valence-electron chi connectivity index (χ1n) is 9.30. The highest BCUT2D eigenvalue weighted by Gasteiger charge is 2.28. The average molecular weight is 378 g/mol. The minimum absolute atomic E-state index is 0.185. The van der Waals surface area contributed by atoms with Crippen LogP contribution in [0.25, 0.3) is 27.8 Å². The molecule has 0 saturated carbocycles. The zero-order valence-corrected chi connectivity index (χ0v) is 16.1. The first-order valence-corrected chi connectivity index (χ1v) is 9.30. The molecule has 8 heteroatoms. The van der Waals surface area contributed by atoms with E-state index in [9.17, 15) is 0 Å². The molecule has 8 nitrogen and oxygen atoms in total. The van der Waals surface area contributed by atoms with Crippen LogP contribution in [-0.2, 0) is 4.74 Å². The fraction of sp³-hybridized carbons (Fsp3) is 0.350. The molecule has 144 valence electrons. The maximum absolute atomic E-state index is 5.83. The summed E-state index contributed by atoms with van der Waals surface area (Å²) in [7, 11) is 1.62. The van der Waals surface area contributed by atoms with Gasteiger partial charge >= 0.3 is 0 Å². The highest BCUT2D eigenvalue weighted by Crippen LogP contribution is 2.29. The lowest BCUT2D eigenvalue weighted by Crippen LogP contribution is -2.48. The predicted octanol–water partition coefficient (Wildman–Crippen LogP) is 2.90. The molecule has 1 fully saturated rings. The number of nitrogens with one attached hydrogen (secondary N) is 1. The van der Waals surface area contributed by atoms with Gasteiger partial charge < -0.3 is 14.4 Å². The molecule has 1 aliphatic heterocycles. The van der Waals surface area contributed by atoms with Gasteiger partial charge in [-0.15, -0.1) is 10.2 Å². The van der Waals surface area contributed by atoms with Crippen molar-refractivity contribution >= 4 is 22.4 Å². The van der Waals surface area contributed by atoms with Crippen LogP contribution in [0.15, 0.2) is 36.5 Å². The predicted molar refractivity (Wildman–Crippen MR) is 107 cm³/mol. The van der Waals surface area contributed by atoms with Gasteiger partial charge in [-0.2, -0.15) is 0 Å². The third kappa shape index (κ3) is 2.77. The molecule has 0 unspecified atom stereocenters. The van der Waals surface area contributed by atoms with Crippen LogP contribution in [0.3, 0.4) is 0 Å². The van der Waals surface area contributed by atoms with E-state index in [1.165, 1.54) is 0 Å². The molecule has 1 saturated heterocycles. The van der Waals surface area contributed by atoms with Gasteiger partial charge in [0.05, 0.1) is 42.1 Å². The van der Waals surface area contributed by atoms with E-state index in [1.54, 1.807) is 7.11 Å². The largest absolute Gasteiger partial charge is 0.480 e. The summed E-state index contributed by atoms with van der Waals surface area (Å²) < 4.78 is 13.1. The van der Waals surface area contributed by atoms with Crippen LogP contribution >= 0.6 is 0 Å². The molecular weight excluding hydrogens is 356 g/mol. The number of anilines is 1. The standard InChI is InChI=1S/C20H22N6O2/c1-20(2)12-25(8-9-28-20)18-7-6-17-21-11-16(26(17)24-18)13-4-5-15-14(10-13)19(27-3)23-22-15/h4-7,10-11H,8-9,12H2,1-3H3,(H,22,23). The van der Waals surface area contributed by atoms with Crippen molar-refractivity contribution < 1.29 is 9.47 Å². The van der Waals surface area contributed by atoms with E-state index in [-0.39, 0.29) is 5.60 Å². The van der Waals surface area contributed by atoms with Crippen molar-refractivity contribution in [2.45, 2.75) is 19.4 Å². The Kier molecular flexibility index (Phi) is 3.77. The molecule has 4 aromatic rings. The van der Waals surface area contributed by atoms with Crippen molar-refractivity contribution in [3.63, 3.8) is 0 Å². The SMILES string of the molecule is COc1n[nH]c2ccc(-c3cnc4ccc(N5CCOC(C)(C)C5)nn34)cc12. The van der Waals surface area contributed by atoms with Gasteiger partial charge in [-0.1, -0.05) is 6.07 Å². The van der Waals surface area contributed by atoms with E-state index in [4.69, 9.17) is 14.6 Å². The van der Waals surface area contributed by atoms with E-state index in [0.29, 0.717) is 12.5 Å². The molecule has 28 heavy (non-hydrogen) atoms. The van der Waals surface area contributed by atoms with Gasteiger partial charge in [0.15, 0.2) is 5.65 Å². The van der Waals surface area contributed by atoms with Crippen LogP contribution in [0.2, 0.25) is 0 Å². The molecule has 5 rings (SSSR count). The Morgan fingerprint density at radius 1 is 1.21 bits per heavy atom. The number of fused-ring (bicyclic) bond motifs is 2. The van der Waals surface area contributed by atoms with Gasteiger partial charge in [-0.05, 0) is 38.1 Å². The smallest absolute Gasteiger partial charge is 0.240 e. The van der Waals surface area contributed by atoms with Crippen molar-refractivity contribution in [3.05, 3.63) is 36.5 Å². The van der Waals surface area contributed by atoms with Gasteiger partial charge in [-0.25, -0.2) is 9.50 Å². The van der Waals surface area contributed by atoms with E-state index >= 15 is 0 Å². The quantitative estimate of drug-likeness (QED) is 0.590. The van der Waals surface area contributed by atoms with E-state index in [0.717, 1.165) is 46.7 Å². The number of methoxy groups -OCH3 is 1. The molecule has 1 N–H and O–H groups in total. The van der Waals surface area contributed by atoms with Crippen molar-refractivity contribution in [2.75, 3.05) is 31.7 Å². The monoisotopic (exact) mass is 378 g/mol. The van der Waals surface area contributed by atoms with Gasteiger partial charge in [0.1, 0.15) is 5.82 Å². The molecule has 0 radical (unpaired) electrons. The summed E-state index contributed by atoms with van der Waals surface area (Å²) >= 11 is 0. The zero-order valence-electron chi connectivity index (χ0n) is 16.1. The van der Waals surface area contributed by atoms with Crippen molar-refractivity contribution in [1.82, 2.24) is 24.8 Å². The van der Waals surface area contributed by atoms with Crippen molar-refractivity contribution in [3.8, 4) is 17.1 Å². The molecule has 0 spiro atoms. The molecule has 1 aliphatic rings. The summed E-state index contributed by atoms with van der Waals surface area (Å²) in [6.07, 6.45) is 1.85. The first kappa shape index (κ1) is 17.0. The van der Waals surface area contributed by atoms with Crippen LogP contribution in [0.5, 0.6) is 5.88 Å². The number of imidazole rings is 1. The lowest BCUT2D eigenvalue weighted by Gasteiger charge is -2.38. The number of ether oxygens (including phenoxy) is 2. The Bertz CT molecular complexity index is 1160. The molecule has 0 aliphatic carbocycles. The number of rotatable bonds is 3. The molecule has 0 amide bonds. The zero-order chi connectivity index (χ0) is 19.3. The highest BCUT2D eigenvalue weighted by molar-refractivity contribution is 5.88. The van der Waals surface area contributed by atoms with Gasteiger partial charge in [-0.3, -0.25) is 5.10 Å². The minimum atomic E-state index is -0.185. The van der Waals surface area contributed by atoms with Crippen LogP contribution in [-0.4, -0.2) is 57.2 Å². The number of aromatic amines is 1. The highest BCUT2D eigenvalue weighted by atomic mass is 16.5. The Labute approximate surface area is 162 Å². The second-order valence-corrected chi connectivity index (χ2v) is 7.63. The second-order valence-electron chi connectivity index (χ2n) is 7.63. The summed E-state index contributed by atoms with van der Waals surface area (Å²) in [5.41, 5.74) is 3.49. The third-order valence-electron chi connectivity index (χ3n) is 5.11. The fourth-order valence-electron chi connectivity index (χ4n) is 3.75. The fourth-order valence-corrected chi connectivity index (χ4v) is 3.75. The number of hydrogen-bond donors (Lipinski definition) is 1. The number of H-pyrrole nitrogens is 1. The van der Waals surface area contributed by atoms with Gasteiger partial charge in [0.2, 0.25) is 5.88 Å². The Morgan fingerprint density at radius 2 is 2.11 bits per heavy atom. The topological polar surface area (TPSA) is 80.6 Å². The van der Waals surface area contributed by atoms with Crippen molar-refractivity contribution in [1.29, 1.82) is 0 Å². The Hall–Kier alpha value is -3.13. The normalized spacial score (nSPS) is 16.8. The lowest BCUT2D eigenvalue weighted by molar-refractivity contribution is -0.0279. The first-order chi connectivity index (χ1) is 13.5. The number of benzene rings is 1. The Morgan fingerprint density at radius 3 is 2.93 bits per heavy atom. The number of morpholine rings is 1. The van der Waals surface area contributed by atoms with Crippen LogP contribution in [0.4, 0.5) is 5.82 Å². The molecule has 3 aromatic heterocycles. The molecule has 0 bridgehead atoms. The maximum Gasteiger partial charge on any atom is 0.240 e. The van der Waals surface area contributed by atoms with E-state index in [2.05, 4.69) is 33.9 Å². The van der Waals surface area contributed by atoms with E-state index < -0.39 is 0 Å². The minimum Gasteiger partial charge on any atom is -0.480 e. The number of nitrogens with zero attached hydrogens (tertiary/aromatic N) is 5. The lowest BCUT2D eigenvalue weighted by atomic mass is 10.1. The summed E-state index contributed by atoms with van der Waals surface area (Å²) in [6, 6.07) is 10.1. The van der Waals surface area contributed by atoms with Crippen LogP contribution in [0, 0.1) is 0 Å². The van der Waals surface area contributed by atoms with Gasteiger partial charge in [0, 0.05) is 18.7 Å². The van der Waals surface area contributed by atoms with Crippen molar-refractivity contribution in [2.24, 2.45) is 0 Å². The van der Waals surface area contributed by atoms with E-state index in [1.807, 2.05) is 41.0 Å².